The van der Waals surface area contributed by atoms with E-state index in [-0.39, 0.29) is 0 Å². The lowest BCUT2D eigenvalue weighted by molar-refractivity contribution is 0.560. The van der Waals surface area contributed by atoms with E-state index in [1.807, 2.05) is 13.8 Å². The fourth-order valence-electron chi connectivity index (χ4n) is 1.09. The Morgan fingerprint density at radius 3 is 2.82 bits per heavy atom. The molecule has 3 nitrogen and oxygen atoms in total. The van der Waals surface area contributed by atoms with E-state index in [4.69, 9.17) is 4.42 Å². The summed E-state index contributed by atoms with van der Waals surface area (Å²) in [4.78, 5) is 8.20. The monoisotopic (exact) mass is 148 g/mol. The molecule has 0 bridgehead atoms. The predicted molar refractivity (Wildman–Crippen MR) is 41.3 cm³/mol. The second-order valence-corrected chi connectivity index (χ2v) is 2.54. The summed E-state index contributed by atoms with van der Waals surface area (Å²) in [6.07, 6.45) is 3.46. The van der Waals surface area contributed by atoms with Crippen LogP contribution in [0.4, 0.5) is 0 Å². The van der Waals surface area contributed by atoms with Crippen LogP contribution in [0.1, 0.15) is 11.5 Å². The van der Waals surface area contributed by atoms with Crippen LogP contribution < -0.4 is 0 Å². The van der Waals surface area contributed by atoms with Crippen LogP contribution in [0.5, 0.6) is 0 Å². The molecule has 2 heterocycles. The van der Waals surface area contributed by atoms with Crippen molar-refractivity contribution in [2.24, 2.45) is 0 Å². The number of fused-ring (bicyclic) bond motifs is 1. The van der Waals surface area contributed by atoms with Crippen molar-refractivity contribution < 1.29 is 4.42 Å². The zero-order valence-electron chi connectivity index (χ0n) is 6.46. The standard InChI is InChI=1S/C8H8N2O/c1-5-3-9-4-7-8(5)10-6(2)11-7/h3-4H,1-2H3. The van der Waals surface area contributed by atoms with Crippen LogP contribution in [-0.2, 0) is 0 Å². The summed E-state index contributed by atoms with van der Waals surface area (Å²) in [6.45, 7) is 3.80. The zero-order valence-corrected chi connectivity index (χ0v) is 6.46. The van der Waals surface area contributed by atoms with Crippen LogP contribution in [0, 0.1) is 13.8 Å². The molecule has 3 heteroatoms. The van der Waals surface area contributed by atoms with Crippen molar-refractivity contribution in [3.05, 3.63) is 23.8 Å². The highest BCUT2D eigenvalue weighted by molar-refractivity contribution is 5.74. The lowest BCUT2D eigenvalue weighted by Crippen LogP contribution is -1.77. The molecule has 0 spiro atoms. The maximum atomic E-state index is 5.28. The van der Waals surface area contributed by atoms with E-state index < -0.39 is 0 Å². The smallest absolute Gasteiger partial charge is 0.192 e. The summed E-state index contributed by atoms with van der Waals surface area (Å²) in [6, 6.07) is 0. The first kappa shape index (κ1) is 6.34. The SMILES string of the molecule is Cc1nc2c(C)cncc2o1. The second-order valence-electron chi connectivity index (χ2n) is 2.54. The Labute approximate surface area is 64.1 Å². The normalized spacial score (nSPS) is 10.7. The number of hydrogen-bond acceptors (Lipinski definition) is 3. The molecule has 0 aliphatic rings. The van der Waals surface area contributed by atoms with Gasteiger partial charge in [0.05, 0.1) is 6.20 Å². The molecule has 11 heavy (non-hydrogen) atoms. The van der Waals surface area contributed by atoms with Crippen molar-refractivity contribution in [3.63, 3.8) is 0 Å². The van der Waals surface area contributed by atoms with Crippen molar-refractivity contribution in [3.8, 4) is 0 Å². The summed E-state index contributed by atoms with van der Waals surface area (Å²) in [5.41, 5.74) is 2.74. The highest BCUT2D eigenvalue weighted by Gasteiger charge is 2.03. The minimum Gasteiger partial charge on any atom is -0.439 e. The average molecular weight is 148 g/mol. The van der Waals surface area contributed by atoms with E-state index in [1.165, 1.54) is 0 Å². The fraction of sp³-hybridized carbons (Fsp3) is 0.250. The highest BCUT2D eigenvalue weighted by atomic mass is 16.3. The van der Waals surface area contributed by atoms with Crippen molar-refractivity contribution in [1.82, 2.24) is 9.97 Å². The highest BCUT2D eigenvalue weighted by Crippen LogP contribution is 2.16. The van der Waals surface area contributed by atoms with Gasteiger partial charge in [-0.15, -0.1) is 0 Å². The van der Waals surface area contributed by atoms with Gasteiger partial charge >= 0.3 is 0 Å². The third-order valence-corrected chi connectivity index (χ3v) is 1.59. The van der Waals surface area contributed by atoms with Crippen LogP contribution in [0.15, 0.2) is 16.8 Å². The molecule has 0 N–H and O–H groups in total. The molecule has 0 aliphatic heterocycles. The molecule has 0 radical (unpaired) electrons. The number of aryl methyl sites for hydroxylation is 2. The van der Waals surface area contributed by atoms with Gasteiger partial charge in [-0.05, 0) is 12.5 Å². The predicted octanol–water partition coefficient (Wildman–Crippen LogP) is 1.84. The molecule has 0 fully saturated rings. The summed E-state index contributed by atoms with van der Waals surface area (Å²) in [5.74, 6) is 0.691. The molecule has 2 aromatic heterocycles. The number of aromatic nitrogens is 2. The van der Waals surface area contributed by atoms with Gasteiger partial charge in [-0.25, -0.2) is 4.98 Å². The van der Waals surface area contributed by atoms with Crippen LogP contribution in [-0.4, -0.2) is 9.97 Å². The molecule has 0 unspecified atom stereocenters. The Bertz CT molecular complexity index is 392. The van der Waals surface area contributed by atoms with Gasteiger partial charge in [0.1, 0.15) is 5.52 Å². The average Bonchev–Trinajstić information content (AvgIpc) is 2.31. The van der Waals surface area contributed by atoms with E-state index in [2.05, 4.69) is 9.97 Å². The van der Waals surface area contributed by atoms with E-state index in [0.717, 1.165) is 16.7 Å². The van der Waals surface area contributed by atoms with Gasteiger partial charge in [0.15, 0.2) is 11.5 Å². The summed E-state index contributed by atoms with van der Waals surface area (Å²) >= 11 is 0. The van der Waals surface area contributed by atoms with E-state index in [1.54, 1.807) is 12.4 Å². The number of hydrogen-bond donors (Lipinski definition) is 0. The Balaban J connectivity index is 2.90. The maximum absolute atomic E-state index is 5.28. The largest absolute Gasteiger partial charge is 0.439 e. The van der Waals surface area contributed by atoms with Gasteiger partial charge in [-0.3, -0.25) is 4.98 Å². The number of pyridine rings is 1. The van der Waals surface area contributed by atoms with Gasteiger partial charge in [0.2, 0.25) is 0 Å². The molecular weight excluding hydrogens is 140 g/mol. The van der Waals surface area contributed by atoms with Crippen molar-refractivity contribution in [1.29, 1.82) is 0 Å². The molecule has 0 atom stereocenters. The van der Waals surface area contributed by atoms with Crippen LogP contribution >= 0.6 is 0 Å². The summed E-state index contributed by atoms with van der Waals surface area (Å²) in [5, 5.41) is 0. The third kappa shape index (κ3) is 0.888. The summed E-state index contributed by atoms with van der Waals surface area (Å²) in [7, 11) is 0. The van der Waals surface area contributed by atoms with Crippen LogP contribution in [0.3, 0.4) is 0 Å². The lowest BCUT2D eigenvalue weighted by Gasteiger charge is -1.88. The molecule has 0 amide bonds. The Morgan fingerprint density at radius 1 is 1.27 bits per heavy atom. The number of nitrogens with zero attached hydrogens (tertiary/aromatic N) is 2. The van der Waals surface area contributed by atoms with Gasteiger partial charge in [-0.2, -0.15) is 0 Å². The molecule has 0 aromatic carbocycles. The Kier molecular flexibility index (Phi) is 1.18. The van der Waals surface area contributed by atoms with Crippen molar-refractivity contribution in [2.45, 2.75) is 13.8 Å². The van der Waals surface area contributed by atoms with Crippen molar-refractivity contribution in [2.75, 3.05) is 0 Å². The number of oxazole rings is 1. The molecule has 2 aromatic rings. The molecule has 2 rings (SSSR count). The van der Waals surface area contributed by atoms with Crippen molar-refractivity contribution >= 4 is 11.1 Å². The third-order valence-electron chi connectivity index (χ3n) is 1.59. The molecule has 0 saturated carbocycles. The minimum atomic E-state index is 0.691. The zero-order chi connectivity index (χ0) is 7.84. The Hall–Kier alpha value is -1.38. The second kappa shape index (κ2) is 2.05. The quantitative estimate of drug-likeness (QED) is 0.572. The molecule has 56 valence electrons. The van der Waals surface area contributed by atoms with Crippen LogP contribution in [0.2, 0.25) is 0 Å². The van der Waals surface area contributed by atoms with E-state index in [9.17, 15) is 0 Å². The first-order valence-electron chi connectivity index (χ1n) is 3.45. The summed E-state index contributed by atoms with van der Waals surface area (Å²) < 4.78 is 5.28. The molecule has 0 saturated heterocycles. The lowest BCUT2D eigenvalue weighted by atomic mass is 10.3. The molecular formula is C8H8N2O. The topological polar surface area (TPSA) is 38.9 Å². The fourth-order valence-corrected chi connectivity index (χ4v) is 1.09. The molecule has 0 aliphatic carbocycles. The van der Waals surface area contributed by atoms with E-state index in [0.29, 0.717) is 5.89 Å². The number of rotatable bonds is 0. The van der Waals surface area contributed by atoms with Gasteiger partial charge in [0.25, 0.3) is 0 Å². The Morgan fingerprint density at radius 2 is 2.09 bits per heavy atom. The minimum absolute atomic E-state index is 0.691. The van der Waals surface area contributed by atoms with Gasteiger partial charge < -0.3 is 4.42 Å². The van der Waals surface area contributed by atoms with Gasteiger partial charge in [-0.1, -0.05) is 0 Å². The first-order valence-corrected chi connectivity index (χ1v) is 3.45. The first-order chi connectivity index (χ1) is 5.27. The van der Waals surface area contributed by atoms with Gasteiger partial charge in [0, 0.05) is 13.1 Å². The van der Waals surface area contributed by atoms with Crippen LogP contribution in [0.25, 0.3) is 11.1 Å². The van der Waals surface area contributed by atoms with E-state index >= 15 is 0 Å². The maximum Gasteiger partial charge on any atom is 0.192 e.